The predicted molar refractivity (Wildman–Crippen MR) is 104 cm³/mol. The minimum atomic E-state index is -0.448. The average molecular weight is 388 g/mol. The number of amides is 4. The summed E-state index contributed by atoms with van der Waals surface area (Å²) in [5.41, 5.74) is 0.122. The number of methoxy groups -OCH3 is 1. The van der Waals surface area contributed by atoms with Crippen LogP contribution in [0.25, 0.3) is 0 Å². The average Bonchev–Trinajstić information content (AvgIpc) is 2.84. The van der Waals surface area contributed by atoms with Gasteiger partial charge in [0.15, 0.2) is 0 Å². The highest BCUT2D eigenvalue weighted by Gasteiger charge is 2.47. The fourth-order valence-corrected chi connectivity index (χ4v) is 4.11. The fraction of sp³-hybridized carbons (Fsp3) is 0.550. The molecule has 2 fully saturated rings. The SMILES string of the molecule is COc1ccc(C(=O)N2CCN(C(=O)N(C)C)CC3(CC(=O)N(C)C3)C2)cc1. The van der Waals surface area contributed by atoms with Crippen molar-refractivity contribution < 1.29 is 19.1 Å². The third kappa shape index (κ3) is 3.90. The van der Waals surface area contributed by atoms with Gasteiger partial charge in [-0.05, 0) is 24.3 Å². The van der Waals surface area contributed by atoms with E-state index in [1.165, 1.54) is 4.90 Å². The number of carbonyl (C=O) groups is 3. The van der Waals surface area contributed by atoms with Crippen LogP contribution in [-0.4, -0.2) is 98.4 Å². The molecule has 0 radical (unpaired) electrons. The van der Waals surface area contributed by atoms with Crippen molar-refractivity contribution in [2.45, 2.75) is 6.42 Å². The topological polar surface area (TPSA) is 73.4 Å². The van der Waals surface area contributed by atoms with E-state index in [4.69, 9.17) is 4.74 Å². The van der Waals surface area contributed by atoms with Crippen molar-refractivity contribution in [3.05, 3.63) is 29.8 Å². The van der Waals surface area contributed by atoms with Gasteiger partial charge in [-0.25, -0.2) is 4.79 Å². The summed E-state index contributed by atoms with van der Waals surface area (Å²) in [5.74, 6) is 0.647. The van der Waals surface area contributed by atoms with E-state index >= 15 is 0 Å². The van der Waals surface area contributed by atoms with Crippen LogP contribution >= 0.6 is 0 Å². The van der Waals surface area contributed by atoms with Crippen molar-refractivity contribution in [2.75, 3.05) is 61.0 Å². The zero-order valence-electron chi connectivity index (χ0n) is 17.0. The molecule has 0 aromatic heterocycles. The molecule has 4 amide bonds. The molecule has 0 N–H and O–H groups in total. The first-order chi connectivity index (χ1) is 13.2. The Bertz CT molecular complexity index is 764. The third-order valence-electron chi connectivity index (χ3n) is 5.49. The Morgan fingerprint density at radius 1 is 1.04 bits per heavy atom. The first-order valence-corrected chi connectivity index (χ1v) is 9.38. The number of rotatable bonds is 2. The van der Waals surface area contributed by atoms with Crippen LogP contribution in [-0.2, 0) is 4.79 Å². The summed E-state index contributed by atoms with van der Waals surface area (Å²) in [6.45, 7) is 2.33. The summed E-state index contributed by atoms with van der Waals surface area (Å²) in [6.07, 6.45) is 0.340. The molecule has 3 rings (SSSR count). The first-order valence-electron chi connectivity index (χ1n) is 9.38. The summed E-state index contributed by atoms with van der Waals surface area (Å²) in [7, 11) is 6.78. The lowest BCUT2D eigenvalue weighted by Crippen LogP contribution is -2.47. The molecule has 1 unspecified atom stereocenters. The Labute approximate surface area is 165 Å². The Morgan fingerprint density at radius 2 is 1.64 bits per heavy atom. The minimum Gasteiger partial charge on any atom is -0.497 e. The maximum absolute atomic E-state index is 13.1. The van der Waals surface area contributed by atoms with Gasteiger partial charge in [0, 0.05) is 71.3 Å². The van der Waals surface area contributed by atoms with Crippen LogP contribution in [0.2, 0.25) is 0 Å². The minimum absolute atomic E-state index is 0.0519. The van der Waals surface area contributed by atoms with Crippen LogP contribution in [0.15, 0.2) is 24.3 Å². The van der Waals surface area contributed by atoms with Crippen LogP contribution in [0.4, 0.5) is 4.79 Å². The molecule has 0 aliphatic carbocycles. The zero-order chi connectivity index (χ0) is 20.5. The van der Waals surface area contributed by atoms with E-state index in [0.717, 1.165) is 0 Å². The monoisotopic (exact) mass is 388 g/mol. The highest BCUT2D eigenvalue weighted by Crippen LogP contribution is 2.35. The van der Waals surface area contributed by atoms with Gasteiger partial charge in [0.2, 0.25) is 5.91 Å². The first kappa shape index (κ1) is 20.0. The van der Waals surface area contributed by atoms with Gasteiger partial charge in [0.25, 0.3) is 5.91 Å². The van der Waals surface area contributed by atoms with Gasteiger partial charge >= 0.3 is 6.03 Å². The van der Waals surface area contributed by atoms with E-state index in [1.807, 2.05) is 0 Å². The maximum Gasteiger partial charge on any atom is 0.319 e. The van der Waals surface area contributed by atoms with Crippen molar-refractivity contribution in [1.29, 1.82) is 0 Å². The van der Waals surface area contributed by atoms with Gasteiger partial charge < -0.3 is 24.3 Å². The molecule has 1 spiro atoms. The molecule has 2 aliphatic heterocycles. The van der Waals surface area contributed by atoms with Gasteiger partial charge in [-0.2, -0.15) is 0 Å². The molecule has 2 heterocycles. The lowest BCUT2D eigenvalue weighted by molar-refractivity contribution is -0.126. The number of benzene rings is 1. The number of carbonyl (C=O) groups excluding carboxylic acids is 3. The van der Waals surface area contributed by atoms with Gasteiger partial charge in [-0.15, -0.1) is 0 Å². The molecule has 2 saturated heterocycles. The normalized spacial score (nSPS) is 22.4. The molecule has 1 atom stereocenters. The smallest absolute Gasteiger partial charge is 0.319 e. The highest BCUT2D eigenvalue weighted by molar-refractivity contribution is 5.94. The number of ether oxygens (including phenoxy) is 1. The summed E-state index contributed by atoms with van der Waals surface area (Å²) >= 11 is 0. The highest BCUT2D eigenvalue weighted by atomic mass is 16.5. The zero-order valence-corrected chi connectivity index (χ0v) is 17.0. The van der Waals surface area contributed by atoms with Crippen LogP contribution in [0, 0.1) is 5.41 Å². The van der Waals surface area contributed by atoms with E-state index in [9.17, 15) is 14.4 Å². The molecule has 1 aromatic rings. The molecule has 1 aromatic carbocycles. The fourth-order valence-electron chi connectivity index (χ4n) is 4.11. The van der Waals surface area contributed by atoms with Crippen molar-refractivity contribution in [1.82, 2.24) is 19.6 Å². The van der Waals surface area contributed by atoms with Crippen molar-refractivity contribution >= 4 is 17.8 Å². The molecule has 28 heavy (non-hydrogen) atoms. The Kier molecular flexibility index (Phi) is 5.49. The van der Waals surface area contributed by atoms with Crippen molar-refractivity contribution in [3.63, 3.8) is 0 Å². The second-order valence-electron chi connectivity index (χ2n) is 7.98. The van der Waals surface area contributed by atoms with Crippen LogP contribution in [0.5, 0.6) is 5.75 Å². The van der Waals surface area contributed by atoms with E-state index in [0.29, 0.717) is 50.5 Å². The summed E-state index contributed by atoms with van der Waals surface area (Å²) in [4.78, 5) is 44.8. The molecule has 2 aliphatic rings. The molecule has 0 bridgehead atoms. The summed E-state index contributed by atoms with van der Waals surface area (Å²) < 4.78 is 5.16. The van der Waals surface area contributed by atoms with Gasteiger partial charge in [0.1, 0.15) is 5.75 Å². The Balaban J connectivity index is 1.87. The van der Waals surface area contributed by atoms with Crippen molar-refractivity contribution in [2.24, 2.45) is 5.41 Å². The molecule has 8 heteroatoms. The Hall–Kier alpha value is -2.77. The maximum atomic E-state index is 13.1. The lowest BCUT2D eigenvalue weighted by atomic mass is 9.86. The third-order valence-corrected chi connectivity index (χ3v) is 5.49. The number of urea groups is 1. The Morgan fingerprint density at radius 3 is 2.18 bits per heavy atom. The largest absolute Gasteiger partial charge is 0.497 e. The molecule has 152 valence electrons. The van der Waals surface area contributed by atoms with Crippen LogP contribution in [0.1, 0.15) is 16.8 Å². The summed E-state index contributed by atoms with van der Waals surface area (Å²) in [5, 5.41) is 0. The predicted octanol–water partition coefficient (Wildman–Crippen LogP) is 0.983. The molecular formula is C20H28N4O4. The molecule has 0 saturated carbocycles. The lowest BCUT2D eigenvalue weighted by Gasteiger charge is -2.34. The molecule has 8 nitrogen and oxygen atoms in total. The van der Waals surface area contributed by atoms with E-state index in [2.05, 4.69) is 0 Å². The second-order valence-corrected chi connectivity index (χ2v) is 7.98. The quantitative estimate of drug-likeness (QED) is 0.757. The number of likely N-dealkylation sites (tertiary alicyclic amines) is 1. The number of hydrogen-bond donors (Lipinski definition) is 0. The van der Waals surface area contributed by atoms with E-state index in [1.54, 1.807) is 67.2 Å². The van der Waals surface area contributed by atoms with E-state index < -0.39 is 5.41 Å². The van der Waals surface area contributed by atoms with Crippen LogP contribution < -0.4 is 4.74 Å². The molecular weight excluding hydrogens is 360 g/mol. The summed E-state index contributed by atoms with van der Waals surface area (Å²) in [6, 6.07) is 6.91. The van der Waals surface area contributed by atoms with Gasteiger partial charge in [-0.1, -0.05) is 0 Å². The second kappa shape index (κ2) is 7.69. The van der Waals surface area contributed by atoms with Gasteiger partial charge in [0.05, 0.1) is 7.11 Å². The van der Waals surface area contributed by atoms with Crippen molar-refractivity contribution in [3.8, 4) is 5.75 Å². The number of nitrogens with zero attached hydrogens (tertiary/aromatic N) is 4. The van der Waals surface area contributed by atoms with Gasteiger partial charge in [-0.3, -0.25) is 9.59 Å². The van der Waals surface area contributed by atoms with Crippen LogP contribution in [0.3, 0.4) is 0 Å². The standard InChI is InChI=1S/C20H28N4O4/c1-21(2)19(27)24-10-9-23(13-20(14-24)11-17(25)22(3)12-20)18(26)15-5-7-16(28-4)8-6-15/h5-8H,9-14H2,1-4H3. The number of hydrogen-bond acceptors (Lipinski definition) is 4. The van der Waals surface area contributed by atoms with E-state index in [-0.39, 0.29) is 17.8 Å².